The van der Waals surface area contributed by atoms with Gasteiger partial charge in [-0.3, -0.25) is 9.69 Å². The van der Waals surface area contributed by atoms with Gasteiger partial charge in [-0.1, -0.05) is 12.1 Å². The molecule has 0 unspecified atom stereocenters. The molecule has 2 atom stereocenters. The van der Waals surface area contributed by atoms with Crippen molar-refractivity contribution in [2.75, 3.05) is 40.0 Å². The zero-order chi connectivity index (χ0) is 16.9. The van der Waals surface area contributed by atoms with Crippen LogP contribution in [0.15, 0.2) is 24.3 Å². The molecule has 3 heterocycles. The van der Waals surface area contributed by atoms with Gasteiger partial charge in [-0.05, 0) is 43.4 Å². The van der Waals surface area contributed by atoms with Crippen molar-refractivity contribution in [2.45, 2.75) is 32.4 Å². The van der Waals surface area contributed by atoms with Gasteiger partial charge in [0.25, 0.3) is 0 Å². The summed E-state index contributed by atoms with van der Waals surface area (Å²) in [6.45, 7) is 6.59. The summed E-state index contributed by atoms with van der Waals surface area (Å²) in [6.07, 6.45) is 2.34. The van der Waals surface area contributed by atoms with Crippen LogP contribution in [0.3, 0.4) is 0 Å². The molecule has 3 fully saturated rings. The number of amides is 1. The lowest BCUT2D eigenvalue weighted by Gasteiger charge is -2.36. The van der Waals surface area contributed by atoms with Crippen LogP contribution in [0.25, 0.3) is 0 Å². The number of hydrogen-bond acceptors (Lipinski definition) is 4. The van der Waals surface area contributed by atoms with Gasteiger partial charge in [0.15, 0.2) is 0 Å². The predicted octanol–water partition coefficient (Wildman–Crippen LogP) is 2.15. The molecular formula is C19H28N2O3. The second kappa shape index (κ2) is 7.99. The molecule has 5 heteroatoms. The summed E-state index contributed by atoms with van der Waals surface area (Å²) in [5, 5.41) is 0. The van der Waals surface area contributed by atoms with Crippen molar-refractivity contribution in [1.29, 1.82) is 0 Å². The van der Waals surface area contributed by atoms with Crippen LogP contribution in [0.1, 0.15) is 25.3 Å². The average Bonchev–Trinajstić information content (AvgIpc) is 2.91. The van der Waals surface area contributed by atoms with Crippen LogP contribution in [-0.4, -0.2) is 61.7 Å². The van der Waals surface area contributed by atoms with E-state index in [2.05, 4.69) is 21.9 Å². The number of rotatable bonds is 6. The minimum Gasteiger partial charge on any atom is -0.497 e. The van der Waals surface area contributed by atoms with Gasteiger partial charge in [0.1, 0.15) is 12.4 Å². The first-order valence-corrected chi connectivity index (χ1v) is 8.92. The molecule has 132 valence electrons. The number of nitrogens with zero attached hydrogens (tertiary/aromatic N) is 2. The van der Waals surface area contributed by atoms with Crippen molar-refractivity contribution in [3.8, 4) is 5.75 Å². The van der Waals surface area contributed by atoms with Crippen LogP contribution in [0.4, 0.5) is 0 Å². The minimum atomic E-state index is 0.151. The van der Waals surface area contributed by atoms with Crippen LogP contribution < -0.4 is 4.74 Å². The number of fused-ring (bicyclic) bond motifs is 4. The van der Waals surface area contributed by atoms with Crippen LogP contribution in [-0.2, 0) is 16.1 Å². The molecule has 1 aromatic rings. The molecule has 1 aromatic carbocycles. The summed E-state index contributed by atoms with van der Waals surface area (Å²) < 4.78 is 10.6. The summed E-state index contributed by atoms with van der Waals surface area (Å²) in [5.74, 6) is 1.62. The highest BCUT2D eigenvalue weighted by Crippen LogP contribution is 2.29. The van der Waals surface area contributed by atoms with Crippen molar-refractivity contribution in [3.05, 3.63) is 29.8 Å². The second-order valence-corrected chi connectivity index (χ2v) is 6.82. The van der Waals surface area contributed by atoms with Gasteiger partial charge in [0, 0.05) is 38.8 Å². The van der Waals surface area contributed by atoms with Crippen LogP contribution in [0.5, 0.6) is 5.75 Å². The molecular weight excluding hydrogens is 304 g/mol. The van der Waals surface area contributed by atoms with E-state index in [1.165, 1.54) is 12.0 Å². The first kappa shape index (κ1) is 17.2. The Kier molecular flexibility index (Phi) is 5.74. The summed E-state index contributed by atoms with van der Waals surface area (Å²) in [4.78, 5) is 17.0. The Hall–Kier alpha value is -1.59. The highest BCUT2D eigenvalue weighted by Gasteiger charge is 2.36. The zero-order valence-electron chi connectivity index (χ0n) is 14.7. The molecule has 2 bridgehead atoms. The molecule has 24 heavy (non-hydrogen) atoms. The predicted molar refractivity (Wildman–Crippen MR) is 93.0 cm³/mol. The third-order valence-corrected chi connectivity index (χ3v) is 5.10. The number of piperidine rings is 1. The van der Waals surface area contributed by atoms with E-state index in [1.807, 2.05) is 19.1 Å². The Bertz CT molecular complexity index is 546. The molecule has 1 amide bonds. The molecule has 0 spiro atoms. The molecule has 0 radical (unpaired) electrons. The lowest BCUT2D eigenvalue weighted by molar-refractivity contribution is -0.140. The Balaban J connectivity index is 1.62. The van der Waals surface area contributed by atoms with E-state index in [0.29, 0.717) is 18.6 Å². The van der Waals surface area contributed by atoms with Gasteiger partial charge in [0.2, 0.25) is 5.91 Å². The summed E-state index contributed by atoms with van der Waals surface area (Å²) in [5.41, 5.74) is 1.30. The maximum atomic E-state index is 12.4. The smallest absolute Gasteiger partial charge is 0.248 e. The van der Waals surface area contributed by atoms with Gasteiger partial charge in [-0.2, -0.15) is 0 Å². The van der Waals surface area contributed by atoms with Crippen LogP contribution in [0.2, 0.25) is 0 Å². The molecule has 5 nitrogen and oxygen atoms in total. The van der Waals surface area contributed by atoms with E-state index in [4.69, 9.17) is 9.47 Å². The summed E-state index contributed by atoms with van der Waals surface area (Å²) in [7, 11) is 1.69. The SMILES string of the molecule is CCOCC(=O)N1C[C@@H]2CC[C@H]1CN(Cc1ccc(OC)cc1)C2. The molecule has 0 saturated carbocycles. The van der Waals surface area contributed by atoms with Gasteiger partial charge in [-0.25, -0.2) is 0 Å². The molecule has 0 N–H and O–H groups in total. The summed E-state index contributed by atoms with van der Waals surface area (Å²) >= 11 is 0. The normalized spacial score (nSPS) is 24.0. The number of ether oxygens (including phenoxy) is 2. The van der Waals surface area contributed by atoms with Crippen molar-refractivity contribution in [3.63, 3.8) is 0 Å². The number of carbonyl (C=O) groups excluding carboxylic acids is 1. The Morgan fingerprint density at radius 3 is 2.67 bits per heavy atom. The lowest BCUT2D eigenvalue weighted by atomic mass is 9.95. The monoisotopic (exact) mass is 332 g/mol. The van der Waals surface area contributed by atoms with E-state index in [-0.39, 0.29) is 12.5 Å². The Labute approximate surface area is 144 Å². The molecule has 3 aliphatic heterocycles. The quantitative estimate of drug-likeness (QED) is 0.800. The van der Waals surface area contributed by atoms with E-state index in [0.717, 1.165) is 38.3 Å². The maximum absolute atomic E-state index is 12.4. The average molecular weight is 332 g/mol. The van der Waals surface area contributed by atoms with Gasteiger partial charge >= 0.3 is 0 Å². The highest BCUT2D eigenvalue weighted by atomic mass is 16.5. The number of benzene rings is 1. The first-order chi connectivity index (χ1) is 11.7. The van der Waals surface area contributed by atoms with Crippen LogP contribution >= 0.6 is 0 Å². The van der Waals surface area contributed by atoms with E-state index >= 15 is 0 Å². The fourth-order valence-corrected chi connectivity index (χ4v) is 3.88. The molecule has 3 aliphatic rings. The molecule has 4 rings (SSSR count). The fourth-order valence-electron chi connectivity index (χ4n) is 3.88. The van der Waals surface area contributed by atoms with E-state index < -0.39 is 0 Å². The fraction of sp³-hybridized carbons (Fsp3) is 0.632. The van der Waals surface area contributed by atoms with Gasteiger partial charge < -0.3 is 14.4 Å². The number of methoxy groups -OCH3 is 1. The topological polar surface area (TPSA) is 42.0 Å². The lowest BCUT2D eigenvalue weighted by Crippen LogP contribution is -2.48. The zero-order valence-corrected chi connectivity index (χ0v) is 14.7. The second-order valence-electron chi connectivity index (χ2n) is 6.82. The van der Waals surface area contributed by atoms with E-state index in [9.17, 15) is 4.79 Å². The third kappa shape index (κ3) is 4.08. The van der Waals surface area contributed by atoms with Crippen molar-refractivity contribution < 1.29 is 14.3 Å². The summed E-state index contributed by atoms with van der Waals surface area (Å²) in [6, 6.07) is 8.61. The number of carbonyl (C=O) groups is 1. The molecule has 0 aliphatic carbocycles. The third-order valence-electron chi connectivity index (χ3n) is 5.10. The van der Waals surface area contributed by atoms with Crippen LogP contribution in [0, 0.1) is 5.92 Å². The standard InChI is InChI=1S/C19H28N2O3/c1-3-24-14-19(22)21-12-16-4-7-17(21)13-20(11-16)10-15-5-8-18(23-2)9-6-15/h5-6,8-9,16-17H,3-4,7,10-14H2,1-2H3/t16-,17+/m1/s1. The maximum Gasteiger partial charge on any atom is 0.248 e. The van der Waals surface area contributed by atoms with Crippen molar-refractivity contribution >= 4 is 5.91 Å². The first-order valence-electron chi connectivity index (χ1n) is 8.92. The number of hydrogen-bond donors (Lipinski definition) is 0. The molecule has 3 saturated heterocycles. The van der Waals surface area contributed by atoms with E-state index in [1.54, 1.807) is 7.11 Å². The van der Waals surface area contributed by atoms with Crippen molar-refractivity contribution in [2.24, 2.45) is 5.92 Å². The largest absolute Gasteiger partial charge is 0.497 e. The minimum absolute atomic E-state index is 0.151. The van der Waals surface area contributed by atoms with Crippen molar-refractivity contribution in [1.82, 2.24) is 9.80 Å². The Morgan fingerprint density at radius 2 is 1.96 bits per heavy atom. The van der Waals surface area contributed by atoms with Gasteiger partial charge in [-0.15, -0.1) is 0 Å². The molecule has 0 aromatic heterocycles. The van der Waals surface area contributed by atoms with Gasteiger partial charge in [0.05, 0.1) is 7.11 Å². The highest BCUT2D eigenvalue weighted by molar-refractivity contribution is 5.78. The Morgan fingerprint density at radius 1 is 1.17 bits per heavy atom.